The molecule has 0 atom stereocenters. The minimum Gasteiger partial charge on any atom is -0.550 e. The molecule has 54 valence electrons. The van der Waals surface area contributed by atoms with Gasteiger partial charge in [0.25, 0.3) is 0 Å². The molecule has 0 fully saturated rings. The van der Waals surface area contributed by atoms with Gasteiger partial charge in [-0.05, 0) is 5.92 Å². The summed E-state index contributed by atoms with van der Waals surface area (Å²) in [5.41, 5.74) is -0.694. The van der Waals surface area contributed by atoms with Crippen LogP contribution in [0.25, 0.3) is 0 Å². The van der Waals surface area contributed by atoms with Crippen molar-refractivity contribution in [3.8, 4) is 0 Å². The van der Waals surface area contributed by atoms with Gasteiger partial charge in [0, 0.05) is 11.4 Å². The van der Waals surface area contributed by atoms with Gasteiger partial charge in [-0.2, -0.15) is 0 Å². The van der Waals surface area contributed by atoms with Gasteiger partial charge in [-0.25, -0.2) is 0 Å². The Morgan fingerprint density at radius 3 is 1.70 bits per heavy atom. The number of aliphatic carboxylic acids is 1. The topological polar surface area (TPSA) is 40.1 Å². The standard InChI is InChI=1S/C7H14O2.K/c1-5(2)7(3,4)6(8)9;/h5H,1-4H3,(H,8,9);/q;+1/p-1. The van der Waals surface area contributed by atoms with E-state index < -0.39 is 11.4 Å². The van der Waals surface area contributed by atoms with Crippen LogP contribution in [0.1, 0.15) is 27.7 Å². The van der Waals surface area contributed by atoms with Crippen molar-refractivity contribution in [2.75, 3.05) is 0 Å². The molecular weight excluding hydrogens is 155 g/mol. The predicted molar refractivity (Wildman–Crippen MR) is 33.6 cm³/mol. The van der Waals surface area contributed by atoms with Crippen LogP contribution < -0.4 is 56.5 Å². The van der Waals surface area contributed by atoms with Gasteiger partial charge < -0.3 is 9.90 Å². The van der Waals surface area contributed by atoms with Gasteiger partial charge in [0.05, 0.1) is 0 Å². The molecule has 0 aromatic carbocycles. The molecular formula is C7H13KO2. The molecule has 0 radical (unpaired) electrons. The molecule has 0 N–H and O–H groups in total. The number of carbonyl (C=O) groups is 1. The fourth-order valence-electron chi connectivity index (χ4n) is 0.236. The maximum Gasteiger partial charge on any atom is 1.00 e. The molecule has 3 heteroatoms. The van der Waals surface area contributed by atoms with Crippen LogP contribution in [0.4, 0.5) is 0 Å². The van der Waals surface area contributed by atoms with Crippen molar-refractivity contribution in [3.05, 3.63) is 0 Å². The first-order valence-electron chi connectivity index (χ1n) is 3.10. The second kappa shape index (κ2) is 4.88. The fraction of sp³-hybridized carbons (Fsp3) is 0.857. The van der Waals surface area contributed by atoms with E-state index in [9.17, 15) is 9.90 Å². The molecule has 0 saturated heterocycles. The van der Waals surface area contributed by atoms with Crippen molar-refractivity contribution in [3.63, 3.8) is 0 Å². The molecule has 0 heterocycles. The number of hydrogen-bond acceptors (Lipinski definition) is 2. The fourth-order valence-corrected chi connectivity index (χ4v) is 0.236. The van der Waals surface area contributed by atoms with Crippen molar-refractivity contribution in [2.45, 2.75) is 27.7 Å². The molecule has 0 aliphatic carbocycles. The largest absolute Gasteiger partial charge is 1.00 e. The third-order valence-electron chi connectivity index (χ3n) is 1.97. The van der Waals surface area contributed by atoms with Crippen LogP contribution in [0, 0.1) is 11.3 Å². The summed E-state index contributed by atoms with van der Waals surface area (Å²) in [7, 11) is 0. The third kappa shape index (κ3) is 3.48. The van der Waals surface area contributed by atoms with E-state index in [2.05, 4.69) is 0 Å². The van der Waals surface area contributed by atoms with E-state index >= 15 is 0 Å². The van der Waals surface area contributed by atoms with E-state index in [0.717, 1.165) is 0 Å². The predicted octanol–water partition coefficient (Wildman–Crippen LogP) is -2.58. The molecule has 0 spiro atoms. The third-order valence-corrected chi connectivity index (χ3v) is 1.97. The van der Waals surface area contributed by atoms with Crippen molar-refractivity contribution >= 4 is 5.97 Å². The summed E-state index contributed by atoms with van der Waals surface area (Å²) in [6.45, 7) is 7.09. The van der Waals surface area contributed by atoms with Crippen molar-refractivity contribution in [1.82, 2.24) is 0 Å². The van der Waals surface area contributed by atoms with E-state index in [1.165, 1.54) is 0 Å². The van der Waals surface area contributed by atoms with Gasteiger partial charge in [0.1, 0.15) is 0 Å². The summed E-state index contributed by atoms with van der Waals surface area (Å²) in [6, 6.07) is 0. The number of rotatable bonds is 2. The normalized spacial score (nSPS) is 10.9. The summed E-state index contributed by atoms with van der Waals surface area (Å²) >= 11 is 0. The molecule has 0 unspecified atom stereocenters. The Morgan fingerprint density at radius 1 is 1.40 bits per heavy atom. The average Bonchev–Trinajstić information content (AvgIpc) is 1.65. The zero-order chi connectivity index (χ0) is 7.65. The van der Waals surface area contributed by atoms with Gasteiger partial charge >= 0.3 is 51.4 Å². The summed E-state index contributed by atoms with van der Waals surface area (Å²) in [6.07, 6.45) is 0. The Morgan fingerprint density at radius 2 is 1.70 bits per heavy atom. The van der Waals surface area contributed by atoms with Gasteiger partial charge in [-0.3, -0.25) is 0 Å². The summed E-state index contributed by atoms with van der Waals surface area (Å²) < 4.78 is 0. The zero-order valence-corrected chi connectivity index (χ0v) is 10.5. The quantitative estimate of drug-likeness (QED) is 0.425. The van der Waals surface area contributed by atoms with Gasteiger partial charge in [0.15, 0.2) is 0 Å². The molecule has 0 aromatic rings. The van der Waals surface area contributed by atoms with Crippen molar-refractivity contribution < 1.29 is 61.3 Å². The van der Waals surface area contributed by atoms with Crippen molar-refractivity contribution in [2.24, 2.45) is 11.3 Å². The Hall–Kier alpha value is 1.11. The molecule has 0 aliphatic rings. The van der Waals surface area contributed by atoms with E-state index in [1.807, 2.05) is 13.8 Å². The Kier molecular flexibility index (Phi) is 6.67. The Labute approximate surface area is 105 Å². The number of carboxylic acids is 1. The number of hydrogen-bond donors (Lipinski definition) is 0. The van der Waals surface area contributed by atoms with Crippen LogP contribution in [0.2, 0.25) is 0 Å². The van der Waals surface area contributed by atoms with E-state index in [-0.39, 0.29) is 57.3 Å². The maximum absolute atomic E-state index is 10.4. The summed E-state index contributed by atoms with van der Waals surface area (Å²) in [5.74, 6) is -0.847. The molecule has 0 aromatic heterocycles. The minimum absolute atomic E-state index is 0. The van der Waals surface area contributed by atoms with E-state index in [1.54, 1.807) is 13.8 Å². The first-order chi connectivity index (χ1) is 3.89. The van der Waals surface area contributed by atoms with Gasteiger partial charge in [-0.15, -0.1) is 0 Å². The maximum atomic E-state index is 10.4. The molecule has 0 saturated carbocycles. The zero-order valence-electron chi connectivity index (χ0n) is 7.39. The molecule has 0 rings (SSSR count). The average molecular weight is 168 g/mol. The Bertz CT molecular complexity index is 119. The minimum atomic E-state index is -0.975. The SMILES string of the molecule is CC(C)C(C)(C)C(=O)[O-].[K+]. The van der Waals surface area contributed by atoms with Crippen LogP contribution in [-0.4, -0.2) is 5.97 Å². The number of carboxylic acid groups (broad SMARTS) is 1. The van der Waals surface area contributed by atoms with Crippen molar-refractivity contribution in [1.29, 1.82) is 0 Å². The second-order valence-electron chi connectivity index (χ2n) is 3.16. The molecule has 0 bridgehead atoms. The summed E-state index contributed by atoms with van der Waals surface area (Å²) in [4.78, 5) is 10.4. The molecule has 2 nitrogen and oxygen atoms in total. The van der Waals surface area contributed by atoms with Gasteiger partial charge in [-0.1, -0.05) is 27.7 Å². The van der Waals surface area contributed by atoms with Crippen LogP contribution in [0.15, 0.2) is 0 Å². The molecule has 10 heavy (non-hydrogen) atoms. The number of carbonyl (C=O) groups excluding carboxylic acids is 1. The first kappa shape index (κ1) is 13.7. The van der Waals surface area contributed by atoms with E-state index in [4.69, 9.17) is 0 Å². The van der Waals surface area contributed by atoms with Gasteiger partial charge in [0.2, 0.25) is 0 Å². The first-order valence-corrected chi connectivity index (χ1v) is 3.10. The Balaban J connectivity index is 0. The summed E-state index contributed by atoms with van der Waals surface area (Å²) in [5, 5.41) is 10.4. The van der Waals surface area contributed by atoms with Crippen LogP contribution in [0.3, 0.4) is 0 Å². The van der Waals surface area contributed by atoms with Crippen LogP contribution in [0.5, 0.6) is 0 Å². The molecule has 0 amide bonds. The molecule has 0 aliphatic heterocycles. The smallest absolute Gasteiger partial charge is 0.550 e. The van der Waals surface area contributed by atoms with Crippen LogP contribution >= 0.6 is 0 Å². The van der Waals surface area contributed by atoms with E-state index in [0.29, 0.717) is 0 Å². The monoisotopic (exact) mass is 168 g/mol. The van der Waals surface area contributed by atoms with Crippen LogP contribution in [-0.2, 0) is 4.79 Å². The second-order valence-corrected chi connectivity index (χ2v) is 3.16.